The minimum atomic E-state index is 0.0559. The molecule has 0 aliphatic rings. The Hall–Kier alpha value is -2.74. The molecule has 0 aliphatic carbocycles. The van der Waals surface area contributed by atoms with Crippen molar-refractivity contribution in [3.63, 3.8) is 0 Å². The van der Waals surface area contributed by atoms with Gasteiger partial charge in [0.25, 0.3) is 0 Å². The van der Waals surface area contributed by atoms with Crippen LogP contribution in [0.3, 0.4) is 0 Å². The van der Waals surface area contributed by atoms with E-state index in [1.165, 1.54) is 16.7 Å². The summed E-state index contributed by atoms with van der Waals surface area (Å²) in [5.74, 6) is 0. The second-order valence-corrected chi connectivity index (χ2v) is 12.0. The Morgan fingerprint density at radius 2 is 0.688 bits per heavy atom. The van der Waals surface area contributed by atoms with Crippen molar-refractivity contribution in [2.75, 3.05) is 10.6 Å². The van der Waals surface area contributed by atoms with Gasteiger partial charge in [-0.25, -0.2) is 0 Å². The monoisotopic (exact) mass is 428 g/mol. The molecule has 0 spiro atoms. The van der Waals surface area contributed by atoms with Crippen LogP contribution < -0.4 is 10.6 Å². The van der Waals surface area contributed by atoms with Gasteiger partial charge in [0, 0.05) is 22.7 Å². The van der Waals surface area contributed by atoms with E-state index in [9.17, 15) is 0 Å². The van der Waals surface area contributed by atoms with Crippen LogP contribution >= 0.6 is 0 Å². The number of rotatable bonds is 4. The van der Waals surface area contributed by atoms with E-state index >= 15 is 0 Å². The van der Waals surface area contributed by atoms with Crippen LogP contribution in [0.1, 0.15) is 79.0 Å². The van der Waals surface area contributed by atoms with Gasteiger partial charge < -0.3 is 10.6 Å². The molecule has 0 saturated heterocycles. The Labute approximate surface area is 195 Å². The molecule has 2 N–H and O–H groups in total. The van der Waals surface area contributed by atoms with Crippen molar-refractivity contribution in [3.8, 4) is 0 Å². The quantitative estimate of drug-likeness (QED) is 0.433. The maximum atomic E-state index is 3.61. The van der Waals surface area contributed by atoms with E-state index in [1.54, 1.807) is 0 Å². The third-order valence-electron chi connectivity index (χ3n) is 5.88. The van der Waals surface area contributed by atoms with Gasteiger partial charge in [-0.3, -0.25) is 0 Å². The molecule has 3 rings (SSSR count). The first-order chi connectivity index (χ1) is 14.7. The molecule has 2 nitrogen and oxygen atoms in total. The van der Waals surface area contributed by atoms with Gasteiger partial charge in [-0.15, -0.1) is 0 Å². The zero-order valence-electron chi connectivity index (χ0n) is 21.4. The Morgan fingerprint density at radius 1 is 0.375 bits per heavy atom. The van der Waals surface area contributed by atoms with Crippen molar-refractivity contribution in [2.45, 2.75) is 78.6 Å². The molecule has 0 bridgehead atoms. The highest BCUT2D eigenvalue weighted by molar-refractivity contribution is 5.70. The van der Waals surface area contributed by atoms with Gasteiger partial charge in [-0.05, 0) is 75.4 Å². The Kier molecular flexibility index (Phi) is 6.47. The fourth-order valence-electron chi connectivity index (χ4n) is 3.65. The highest BCUT2D eigenvalue weighted by atomic mass is 14.9. The van der Waals surface area contributed by atoms with Gasteiger partial charge in [-0.2, -0.15) is 0 Å². The highest BCUT2D eigenvalue weighted by Gasteiger charge is 2.17. The van der Waals surface area contributed by atoms with Gasteiger partial charge in [0.15, 0.2) is 0 Å². The van der Waals surface area contributed by atoms with Crippen LogP contribution in [0.25, 0.3) is 0 Å². The van der Waals surface area contributed by atoms with E-state index in [0.29, 0.717) is 0 Å². The van der Waals surface area contributed by atoms with Crippen molar-refractivity contribution < 1.29 is 0 Å². The van der Waals surface area contributed by atoms with Gasteiger partial charge in [-0.1, -0.05) is 86.6 Å². The van der Waals surface area contributed by atoms with E-state index < -0.39 is 0 Å². The van der Waals surface area contributed by atoms with E-state index in [4.69, 9.17) is 0 Å². The lowest BCUT2D eigenvalue weighted by Crippen LogP contribution is -2.12. The first kappa shape index (κ1) is 23.9. The standard InChI is InChI=1S/C30H40N2/c1-28(2,3)21-10-14-24(15-11-21)31-26-18-23(30(7,8)9)19-27(20-26)32-25-16-12-22(13-17-25)29(4,5)6/h10-20,31-32H,1-9H3. The number of benzene rings is 3. The molecular weight excluding hydrogens is 388 g/mol. The van der Waals surface area contributed by atoms with E-state index in [0.717, 1.165) is 22.7 Å². The molecule has 0 atom stereocenters. The van der Waals surface area contributed by atoms with Crippen LogP contribution in [0, 0.1) is 0 Å². The lowest BCUT2D eigenvalue weighted by Gasteiger charge is -2.23. The fraction of sp³-hybridized carbons (Fsp3) is 0.400. The molecule has 0 radical (unpaired) electrons. The van der Waals surface area contributed by atoms with Crippen LogP contribution in [0.5, 0.6) is 0 Å². The minimum Gasteiger partial charge on any atom is -0.355 e. The summed E-state index contributed by atoms with van der Waals surface area (Å²) in [7, 11) is 0. The molecule has 3 aromatic rings. The summed E-state index contributed by atoms with van der Waals surface area (Å²) in [6, 6.07) is 24.2. The molecule has 32 heavy (non-hydrogen) atoms. The van der Waals surface area contributed by atoms with Crippen LogP contribution in [-0.4, -0.2) is 0 Å². The number of hydrogen-bond acceptors (Lipinski definition) is 2. The second kappa shape index (κ2) is 8.65. The minimum absolute atomic E-state index is 0.0559. The summed E-state index contributed by atoms with van der Waals surface area (Å²) in [5, 5.41) is 7.22. The maximum Gasteiger partial charge on any atom is 0.0408 e. The average molecular weight is 429 g/mol. The van der Waals surface area contributed by atoms with E-state index in [1.807, 2.05) is 0 Å². The predicted octanol–water partition coefficient (Wildman–Crippen LogP) is 9.07. The van der Waals surface area contributed by atoms with Gasteiger partial charge in [0.2, 0.25) is 0 Å². The number of anilines is 4. The lowest BCUT2D eigenvalue weighted by molar-refractivity contribution is 0.590. The molecule has 170 valence electrons. The van der Waals surface area contributed by atoms with Crippen LogP contribution in [0.4, 0.5) is 22.7 Å². The normalized spacial score (nSPS) is 12.5. The van der Waals surface area contributed by atoms with E-state index in [-0.39, 0.29) is 16.2 Å². The third kappa shape index (κ3) is 6.16. The molecule has 3 aromatic carbocycles. The Bertz CT molecular complexity index is 961. The van der Waals surface area contributed by atoms with Crippen molar-refractivity contribution in [2.24, 2.45) is 0 Å². The summed E-state index contributed by atoms with van der Waals surface area (Å²) in [4.78, 5) is 0. The predicted molar refractivity (Wildman–Crippen MR) is 142 cm³/mol. The molecule has 0 aromatic heterocycles. The number of nitrogens with one attached hydrogen (secondary N) is 2. The maximum absolute atomic E-state index is 3.61. The van der Waals surface area contributed by atoms with Crippen molar-refractivity contribution in [3.05, 3.63) is 83.4 Å². The third-order valence-corrected chi connectivity index (χ3v) is 5.88. The summed E-state index contributed by atoms with van der Waals surface area (Å²) >= 11 is 0. The Morgan fingerprint density at radius 3 is 0.969 bits per heavy atom. The summed E-state index contributed by atoms with van der Waals surface area (Å²) in [6.07, 6.45) is 0. The molecule has 0 unspecified atom stereocenters. The van der Waals surface area contributed by atoms with Crippen molar-refractivity contribution >= 4 is 22.7 Å². The summed E-state index contributed by atoms with van der Waals surface area (Å²) in [6.45, 7) is 20.2. The molecule has 0 heterocycles. The topological polar surface area (TPSA) is 24.1 Å². The second-order valence-electron chi connectivity index (χ2n) is 12.0. The zero-order valence-corrected chi connectivity index (χ0v) is 21.4. The van der Waals surface area contributed by atoms with Crippen molar-refractivity contribution in [1.29, 1.82) is 0 Å². The van der Waals surface area contributed by atoms with Gasteiger partial charge >= 0.3 is 0 Å². The lowest BCUT2D eigenvalue weighted by atomic mass is 9.86. The zero-order chi connectivity index (χ0) is 23.7. The van der Waals surface area contributed by atoms with Crippen LogP contribution in [0.15, 0.2) is 66.7 Å². The average Bonchev–Trinajstić information content (AvgIpc) is 2.66. The number of hydrogen-bond donors (Lipinski definition) is 2. The molecule has 0 fully saturated rings. The fourth-order valence-corrected chi connectivity index (χ4v) is 3.65. The molecule has 0 aliphatic heterocycles. The summed E-state index contributed by atoms with van der Waals surface area (Å²) < 4.78 is 0. The van der Waals surface area contributed by atoms with E-state index in [2.05, 4.69) is 140 Å². The first-order valence-electron chi connectivity index (χ1n) is 11.6. The first-order valence-corrected chi connectivity index (χ1v) is 11.6. The summed E-state index contributed by atoms with van der Waals surface area (Å²) in [5.41, 5.74) is 8.73. The largest absolute Gasteiger partial charge is 0.355 e. The molecule has 0 amide bonds. The van der Waals surface area contributed by atoms with Crippen molar-refractivity contribution in [1.82, 2.24) is 0 Å². The van der Waals surface area contributed by atoms with Crippen LogP contribution in [-0.2, 0) is 16.2 Å². The Balaban J connectivity index is 1.88. The molecule has 2 heteroatoms. The molecular formula is C30H40N2. The molecule has 0 saturated carbocycles. The highest BCUT2D eigenvalue weighted by Crippen LogP contribution is 2.33. The van der Waals surface area contributed by atoms with Crippen LogP contribution in [0.2, 0.25) is 0 Å². The smallest absolute Gasteiger partial charge is 0.0408 e. The van der Waals surface area contributed by atoms with Gasteiger partial charge in [0.1, 0.15) is 0 Å². The SMILES string of the molecule is CC(C)(C)c1ccc(Nc2cc(Nc3ccc(C(C)(C)C)cc3)cc(C(C)(C)C)c2)cc1. The van der Waals surface area contributed by atoms with Gasteiger partial charge in [0.05, 0.1) is 0 Å².